The van der Waals surface area contributed by atoms with Gasteiger partial charge in [-0.1, -0.05) is 20.8 Å². The zero-order chi connectivity index (χ0) is 21.7. The number of esters is 1. The second-order valence-electron chi connectivity index (χ2n) is 11.8. The Kier molecular flexibility index (Phi) is 6.00. The van der Waals surface area contributed by atoms with E-state index in [1.807, 2.05) is 0 Å². The molecule has 0 aliphatic heterocycles. The molecule has 170 valence electrons. The standard InChI is InChI=1S/C26H42O4/c1-16(5-10-24(28)29)21-8-9-22-20-7-6-18-15-19(30-17(2)27)11-13-25(18,3)23(20)12-14-26(21,22)4/h16,18-23H,5-15H2,1-4H3,(H,28,29)/p-1/t16-,18-,19-,20+,21-,22+,23-,25+,26-/m1/s1. The van der Waals surface area contributed by atoms with Crippen LogP contribution in [0.5, 0.6) is 0 Å². The Morgan fingerprint density at radius 3 is 2.40 bits per heavy atom. The molecule has 0 spiro atoms. The Balaban J connectivity index is 1.47. The van der Waals surface area contributed by atoms with E-state index in [-0.39, 0.29) is 18.5 Å². The molecule has 4 saturated carbocycles. The molecule has 0 aromatic rings. The lowest BCUT2D eigenvalue weighted by Crippen LogP contribution is -2.54. The molecule has 4 nitrogen and oxygen atoms in total. The summed E-state index contributed by atoms with van der Waals surface area (Å²) in [5, 5.41) is 11.0. The number of ether oxygens (including phenoxy) is 1. The van der Waals surface area contributed by atoms with E-state index in [0.717, 1.165) is 37.0 Å². The molecule has 0 aromatic heterocycles. The Morgan fingerprint density at radius 1 is 1.00 bits per heavy atom. The fraction of sp³-hybridized carbons (Fsp3) is 0.923. The van der Waals surface area contributed by atoms with Crippen molar-refractivity contribution in [1.82, 2.24) is 0 Å². The van der Waals surface area contributed by atoms with Crippen molar-refractivity contribution >= 4 is 11.9 Å². The van der Waals surface area contributed by atoms with Gasteiger partial charge in [0.25, 0.3) is 0 Å². The summed E-state index contributed by atoms with van der Waals surface area (Å²) in [7, 11) is 0. The molecule has 4 fully saturated rings. The number of carboxylic acid groups (broad SMARTS) is 1. The molecule has 30 heavy (non-hydrogen) atoms. The van der Waals surface area contributed by atoms with Gasteiger partial charge < -0.3 is 14.6 Å². The van der Waals surface area contributed by atoms with E-state index in [2.05, 4.69) is 20.8 Å². The largest absolute Gasteiger partial charge is 0.550 e. The zero-order valence-corrected chi connectivity index (χ0v) is 19.5. The molecule has 0 radical (unpaired) electrons. The summed E-state index contributed by atoms with van der Waals surface area (Å²) in [6.45, 7) is 8.90. The van der Waals surface area contributed by atoms with E-state index < -0.39 is 5.97 Å². The molecule has 9 atom stereocenters. The minimum atomic E-state index is -0.902. The summed E-state index contributed by atoms with van der Waals surface area (Å²) in [4.78, 5) is 22.4. The van der Waals surface area contributed by atoms with Crippen molar-refractivity contribution in [1.29, 1.82) is 0 Å². The number of aliphatic carboxylic acids is 1. The summed E-state index contributed by atoms with van der Waals surface area (Å²) in [6, 6.07) is 0. The summed E-state index contributed by atoms with van der Waals surface area (Å²) in [5.74, 6) is 3.24. The van der Waals surface area contributed by atoms with E-state index in [1.165, 1.54) is 51.9 Å². The highest BCUT2D eigenvalue weighted by Gasteiger charge is 2.60. The van der Waals surface area contributed by atoms with Crippen LogP contribution in [0.25, 0.3) is 0 Å². The fourth-order valence-electron chi connectivity index (χ4n) is 9.08. The van der Waals surface area contributed by atoms with Crippen molar-refractivity contribution in [3.63, 3.8) is 0 Å². The van der Waals surface area contributed by atoms with Gasteiger partial charge in [0.15, 0.2) is 0 Å². The SMILES string of the molecule is CC(=O)O[C@@H]1CC[C@@]2(C)[C@H](CC[C@@H]3[C@H]2CC[C@]2(C)[C@@H]([C@H](C)CCC(=O)[O-])CC[C@@H]32)C1. The van der Waals surface area contributed by atoms with E-state index in [1.54, 1.807) is 0 Å². The molecule has 4 aliphatic carbocycles. The maximum atomic E-state index is 11.5. The average Bonchev–Trinajstić information content (AvgIpc) is 3.03. The lowest BCUT2D eigenvalue weighted by molar-refractivity contribution is -0.306. The lowest BCUT2D eigenvalue weighted by Gasteiger charge is -2.61. The van der Waals surface area contributed by atoms with E-state index in [0.29, 0.717) is 28.6 Å². The van der Waals surface area contributed by atoms with Crippen LogP contribution in [0, 0.1) is 46.3 Å². The van der Waals surface area contributed by atoms with Gasteiger partial charge in [-0.05, 0) is 117 Å². The minimum absolute atomic E-state index is 0.129. The molecule has 0 saturated heterocycles. The monoisotopic (exact) mass is 417 g/mol. The van der Waals surface area contributed by atoms with Gasteiger partial charge in [0, 0.05) is 12.9 Å². The van der Waals surface area contributed by atoms with Crippen LogP contribution in [-0.4, -0.2) is 18.0 Å². The predicted molar refractivity (Wildman–Crippen MR) is 114 cm³/mol. The van der Waals surface area contributed by atoms with E-state index in [4.69, 9.17) is 4.74 Å². The van der Waals surface area contributed by atoms with Crippen LogP contribution in [0.4, 0.5) is 0 Å². The minimum Gasteiger partial charge on any atom is -0.550 e. The lowest BCUT2D eigenvalue weighted by atomic mass is 9.44. The van der Waals surface area contributed by atoms with Crippen molar-refractivity contribution in [2.45, 2.75) is 104 Å². The Bertz CT molecular complexity index is 674. The van der Waals surface area contributed by atoms with Gasteiger partial charge in [0.2, 0.25) is 0 Å². The first-order chi connectivity index (χ1) is 14.1. The number of hydrogen-bond donors (Lipinski definition) is 0. The maximum Gasteiger partial charge on any atom is 0.302 e. The second kappa shape index (κ2) is 8.13. The van der Waals surface area contributed by atoms with Crippen LogP contribution in [0.3, 0.4) is 0 Å². The molecule has 4 rings (SSSR count). The average molecular weight is 418 g/mol. The van der Waals surface area contributed by atoms with Gasteiger partial charge in [-0.25, -0.2) is 0 Å². The highest BCUT2D eigenvalue weighted by Crippen LogP contribution is 2.68. The predicted octanol–water partition coefficient (Wildman–Crippen LogP) is 4.74. The normalized spacial score (nSPS) is 46.3. The first-order valence-corrected chi connectivity index (χ1v) is 12.5. The van der Waals surface area contributed by atoms with E-state index >= 15 is 0 Å². The van der Waals surface area contributed by atoms with Gasteiger partial charge in [-0.3, -0.25) is 4.79 Å². The van der Waals surface area contributed by atoms with Crippen LogP contribution >= 0.6 is 0 Å². The van der Waals surface area contributed by atoms with Gasteiger partial charge in [-0.15, -0.1) is 0 Å². The summed E-state index contributed by atoms with van der Waals surface area (Å²) in [5.41, 5.74) is 0.782. The highest BCUT2D eigenvalue weighted by molar-refractivity contribution is 5.66. The molecule has 0 aromatic carbocycles. The van der Waals surface area contributed by atoms with E-state index in [9.17, 15) is 14.7 Å². The molecule has 0 bridgehead atoms. The third kappa shape index (κ3) is 3.71. The number of fused-ring (bicyclic) bond motifs is 5. The third-order valence-corrected chi connectivity index (χ3v) is 10.5. The van der Waals surface area contributed by atoms with Crippen molar-refractivity contribution in [3.8, 4) is 0 Å². The summed E-state index contributed by atoms with van der Waals surface area (Å²) in [6.07, 6.45) is 12.2. The van der Waals surface area contributed by atoms with Crippen LogP contribution < -0.4 is 5.11 Å². The first-order valence-electron chi connectivity index (χ1n) is 12.5. The summed E-state index contributed by atoms with van der Waals surface area (Å²) >= 11 is 0. The Hall–Kier alpha value is -1.06. The zero-order valence-electron chi connectivity index (χ0n) is 19.5. The summed E-state index contributed by atoms with van der Waals surface area (Å²) < 4.78 is 5.60. The number of rotatable bonds is 5. The number of hydrogen-bond acceptors (Lipinski definition) is 4. The molecule has 0 amide bonds. The molecular formula is C26H41O4-. The van der Waals surface area contributed by atoms with Crippen molar-refractivity contribution < 1.29 is 19.4 Å². The molecule has 4 heteroatoms. The fourth-order valence-corrected chi connectivity index (χ4v) is 9.08. The Morgan fingerprint density at radius 2 is 1.70 bits per heavy atom. The van der Waals surface area contributed by atoms with Crippen molar-refractivity contribution in [2.75, 3.05) is 0 Å². The molecule has 0 unspecified atom stereocenters. The molecule has 4 aliphatic rings. The van der Waals surface area contributed by atoms with Crippen molar-refractivity contribution in [3.05, 3.63) is 0 Å². The van der Waals surface area contributed by atoms with Crippen LogP contribution in [0.1, 0.15) is 98.3 Å². The second-order valence-corrected chi connectivity index (χ2v) is 11.8. The topological polar surface area (TPSA) is 66.4 Å². The van der Waals surface area contributed by atoms with Gasteiger partial charge in [0.1, 0.15) is 6.10 Å². The Labute approximate surface area is 182 Å². The molecular weight excluding hydrogens is 376 g/mol. The molecule has 0 heterocycles. The van der Waals surface area contributed by atoms with Gasteiger partial charge in [-0.2, -0.15) is 0 Å². The number of carbonyl (C=O) groups is 2. The first kappa shape index (κ1) is 22.1. The number of carboxylic acids is 1. The van der Waals surface area contributed by atoms with Gasteiger partial charge in [0.05, 0.1) is 0 Å². The highest BCUT2D eigenvalue weighted by atomic mass is 16.5. The maximum absolute atomic E-state index is 11.5. The van der Waals surface area contributed by atoms with Gasteiger partial charge >= 0.3 is 5.97 Å². The van der Waals surface area contributed by atoms with Crippen LogP contribution in [-0.2, 0) is 14.3 Å². The van der Waals surface area contributed by atoms with Crippen LogP contribution in [0.2, 0.25) is 0 Å². The molecule has 0 N–H and O–H groups in total. The third-order valence-electron chi connectivity index (χ3n) is 10.5. The number of carbonyl (C=O) groups excluding carboxylic acids is 2. The van der Waals surface area contributed by atoms with Crippen molar-refractivity contribution in [2.24, 2.45) is 46.3 Å². The quantitative estimate of drug-likeness (QED) is 0.606. The smallest absolute Gasteiger partial charge is 0.302 e. The van der Waals surface area contributed by atoms with Crippen LogP contribution in [0.15, 0.2) is 0 Å².